The molecule has 0 radical (unpaired) electrons. The molecule has 1 aromatic rings. The van der Waals surface area contributed by atoms with Gasteiger partial charge in [-0.05, 0) is 24.1 Å². The zero-order valence-electron chi connectivity index (χ0n) is 15.6. The summed E-state index contributed by atoms with van der Waals surface area (Å²) >= 11 is 6.00. The standard InChI is InChI=1S/C20H26ClN3O3/c1-3-9-23-10-4-11-24(13-12-23)20(26)19-18(22(2)17(25)14-27-19)15-5-7-16(21)8-6-15/h3,5-8,18-19H,1,4,9-14H2,2H3. The summed E-state index contributed by atoms with van der Waals surface area (Å²) in [5.41, 5.74) is 0.844. The third-order valence-corrected chi connectivity index (χ3v) is 5.48. The molecular weight excluding hydrogens is 366 g/mol. The lowest BCUT2D eigenvalue weighted by molar-refractivity contribution is -0.167. The molecule has 2 fully saturated rings. The van der Waals surface area contributed by atoms with Gasteiger partial charge in [0.15, 0.2) is 6.10 Å². The van der Waals surface area contributed by atoms with Gasteiger partial charge in [-0.15, -0.1) is 6.58 Å². The predicted molar refractivity (Wildman–Crippen MR) is 105 cm³/mol. The summed E-state index contributed by atoms with van der Waals surface area (Å²) in [6.07, 6.45) is 2.09. The van der Waals surface area contributed by atoms with E-state index < -0.39 is 12.1 Å². The lowest BCUT2D eigenvalue weighted by Crippen LogP contribution is -2.54. The summed E-state index contributed by atoms with van der Waals surface area (Å²) in [6, 6.07) is 6.78. The van der Waals surface area contributed by atoms with E-state index in [0.717, 1.165) is 31.6 Å². The number of ether oxygens (including phenoxy) is 1. The van der Waals surface area contributed by atoms with Gasteiger partial charge in [0.2, 0.25) is 5.91 Å². The van der Waals surface area contributed by atoms with E-state index in [9.17, 15) is 9.59 Å². The summed E-state index contributed by atoms with van der Waals surface area (Å²) in [5, 5.41) is 0.613. The number of benzene rings is 1. The second-order valence-corrected chi connectivity index (χ2v) is 7.44. The van der Waals surface area contributed by atoms with Crippen molar-refractivity contribution in [2.24, 2.45) is 0 Å². The van der Waals surface area contributed by atoms with Crippen molar-refractivity contribution in [1.29, 1.82) is 0 Å². The molecule has 2 aliphatic rings. The van der Waals surface area contributed by atoms with Crippen molar-refractivity contribution < 1.29 is 14.3 Å². The predicted octanol–water partition coefficient (Wildman–Crippen LogP) is 1.96. The number of hydrogen-bond acceptors (Lipinski definition) is 4. The first-order valence-electron chi connectivity index (χ1n) is 9.26. The van der Waals surface area contributed by atoms with E-state index in [1.165, 1.54) is 0 Å². The number of likely N-dealkylation sites (N-methyl/N-ethyl adjacent to an activating group) is 1. The number of morpholine rings is 1. The summed E-state index contributed by atoms with van der Waals surface area (Å²) < 4.78 is 5.74. The Balaban J connectivity index is 1.79. The smallest absolute Gasteiger partial charge is 0.254 e. The molecule has 7 heteroatoms. The van der Waals surface area contributed by atoms with Crippen LogP contribution in [0.4, 0.5) is 0 Å². The van der Waals surface area contributed by atoms with Crippen molar-refractivity contribution >= 4 is 23.4 Å². The number of nitrogens with zero attached hydrogens (tertiary/aromatic N) is 3. The lowest BCUT2D eigenvalue weighted by atomic mass is 9.97. The minimum absolute atomic E-state index is 0.0604. The van der Waals surface area contributed by atoms with Crippen LogP contribution in [0.5, 0.6) is 0 Å². The summed E-state index contributed by atoms with van der Waals surface area (Å²) in [5.74, 6) is -0.193. The van der Waals surface area contributed by atoms with Crippen molar-refractivity contribution in [3.05, 3.63) is 47.5 Å². The van der Waals surface area contributed by atoms with Crippen LogP contribution in [0.15, 0.2) is 36.9 Å². The van der Waals surface area contributed by atoms with Crippen LogP contribution in [0.3, 0.4) is 0 Å². The van der Waals surface area contributed by atoms with Crippen molar-refractivity contribution in [2.75, 3.05) is 46.4 Å². The molecule has 2 unspecified atom stereocenters. The molecule has 3 rings (SSSR count). The Labute approximate surface area is 165 Å². The number of rotatable bonds is 4. The van der Waals surface area contributed by atoms with Gasteiger partial charge in [0.1, 0.15) is 6.61 Å². The summed E-state index contributed by atoms with van der Waals surface area (Å²) in [6.45, 7) is 7.64. The molecule has 2 heterocycles. The van der Waals surface area contributed by atoms with Crippen molar-refractivity contribution in [1.82, 2.24) is 14.7 Å². The first-order valence-corrected chi connectivity index (χ1v) is 9.64. The SMILES string of the molecule is C=CCN1CCCN(C(=O)C2OCC(=O)N(C)C2c2ccc(Cl)cc2)CC1. The second-order valence-electron chi connectivity index (χ2n) is 7.00. The number of carbonyl (C=O) groups is 2. The van der Waals surface area contributed by atoms with Gasteiger partial charge in [-0.2, -0.15) is 0 Å². The van der Waals surface area contributed by atoms with Crippen LogP contribution in [-0.2, 0) is 14.3 Å². The van der Waals surface area contributed by atoms with Crippen LogP contribution in [0.25, 0.3) is 0 Å². The zero-order valence-corrected chi connectivity index (χ0v) is 16.4. The van der Waals surface area contributed by atoms with E-state index in [4.69, 9.17) is 16.3 Å². The van der Waals surface area contributed by atoms with Crippen LogP contribution < -0.4 is 0 Å². The largest absolute Gasteiger partial charge is 0.356 e. The monoisotopic (exact) mass is 391 g/mol. The Morgan fingerprint density at radius 3 is 2.70 bits per heavy atom. The Morgan fingerprint density at radius 2 is 2.00 bits per heavy atom. The molecular formula is C20H26ClN3O3. The highest BCUT2D eigenvalue weighted by atomic mass is 35.5. The molecule has 27 heavy (non-hydrogen) atoms. The van der Waals surface area contributed by atoms with Gasteiger partial charge in [-0.3, -0.25) is 14.5 Å². The van der Waals surface area contributed by atoms with Crippen LogP contribution in [-0.4, -0.2) is 79.0 Å². The first-order chi connectivity index (χ1) is 13.0. The topological polar surface area (TPSA) is 53.1 Å². The van der Waals surface area contributed by atoms with Gasteiger partial charge >= 0.3 is 0 Å². The number of amides is 2. The molecule has 0 bridgehead atoms. The minimum Gasteiger partial charge on any atom is -0.356 e. The maximum absolute atomic E-state index is 13.3. The molecule has 0 N–H and O–H groups in total. The average molecular weight is 392 g/mol. The van der Waals surface area contributed by atoms with E-state index in [0.29, 0.717) is 18.1 Å². The molecule has 0 saturated carbocycles. The number of carbonyl (C=O) groups excluding carboxylic acids is 2. The number of halogens is 1. The van der Waals surface area contributed by atoms with Crippen LogP contribution in [0, 0.1) is 0 Å². The summed E-state index contributed by atoms with van der Waals surface area (Å²) in [7, 11) is 1.72. The summed E-state index contributed by atoms with van der Waals surface area (Å²) in [4.78, 5) is 31.2. The highest BCUT2D eigenvalue weighted by molar-refractivity contribution is 6.30. The fourth-order valence-electron chi connectivity index (χ4n) is 3.71. The molecule has 0 spiro atoms. The molecule has 2 amide bonds. The molecule has 2 aliphatic heterocycles. The van der Waals surface area contributed by atoms with Crippen LogP contribution >= 0.6 is 11.6 Å². The third kappa shape index (κ3) is 4.51. The molecule has 1 aromatic carbocycles. The van der Waals surface area contributed by atoms with Gasteiger partial charge in [0.05, 0.1) is 6.04 Å². The Bertz CT molecular complexity index is 694. The average Bonchev–Trinajstić information content (AvgIpc) is 2.90. The molecule has 6 nitrogen and oxygen atoms in total. The third-order valence-electron chi connectivity index (χ3n) is 5.23. The fourth-order valence-corrected chi connectivity index (χ4v) is 3.84. The zero-order chi connectivity index (χ0) is 19.4. The van der Waals surface area contributed by atoms with Gasteiger partial charge in [0.25, 0.3) is 5.91 Å². The minimum atomic E-state index is -0.708. The first kappa shape index (κ1) is 19.9. The normalized spacial score (nSPS) is 24.6. The van der Waals surface area contributed by atoms with Crippen LogP contribution in [0.1, 0.15) is 18.0 Å². The van der Waals surface area contributed by atoms with E-state index >= 15 is 0 Å². The van der Waals surface area contributed by atoms with E-state index in [2.05, 4.69) is 11.5 Å². The maximum Gasteiger partial charge on any atom is 0.254 e. The Hall–Kier alpha value is -1.89. The van der Waals surface area contributed by atoms with E-state index in [1.54, 1.807) is 24.1 Å². The quantitative estimate of drug-likeness (QED) is 0.736. The van der Waals surface area contributed by atoms with E-state index in [-0.39, 0.29) is 18.4 Å². The van der Waals surface area contributed by atoms with Crippen molar-refractivity contribution in [3.8, 4) is 0 Å². The highest BCUT2D eigenvalue weighted by Gasteiger charge is 2.41. The molecule has 146 valence electrons. The highest BCUT2D eigenvalue weighted by Crippen LogP contribution is 2.31. The van der Waals surface area contributed by atoms with E-state index in [1.807, 2.05) is 23.1 Å². The molecule has 2 atom stereocenters. The van der Waals surface area contributed by atoms with Gasteiger partial charge in [-0.1, -0.05) is 29.8 Å². The Kier molecular flexibility index (Phi) is 6.52. The Morgan fingerprint density at radius 1 is 1.26 bits per heavy atom. The molecule has 0 aromatic heterocycles. The number of hydrogen-bond donors (Lipinski definition) is 0. The second kappa shape index (κ2) is 8.87. The van der Waals surface area contributed by atoms with Gasteiger partial charge in [-0.25, -0.2) is 0 Å². The van der Waals surface area contributed by atoms with Crippen molar-refractivity contribution in [2.45, 2.75) is 18.6 Å². The fraction of sp³-hybridized carbons (Fsp3) is 0.500. The molecule has 0 aliphatic carbocycles. The van der Waals surface area contributed by atoms with Gasteiger partial charge < -0.3 is 14.5 Å². The van der Waals surface area contributed by atoms with Crippen molar-refractivity contribution in [3.63, 3.8) is 0 Å². The molecule has 2 saturated heterocycles. The van der Waals surface area contributed by atoms with Crippen LogP contribution in [0.2, 0.25) is 5.02 Å². The maximum atomic E-state index is 13.3. The van der Waals surface area contributed by atoms with Gasteiger partial charge in [0, 0.05) is 44.8 Å². The lowest BCUT2D eigenvalue weighted by Gasteiger charge is -2.40.